The molecule has 0 aliphatic carbocycles. The minimum atomic E-state index is -0.656. The Bertz CT molecular complexity index is 914. The number of hydrogen-bond acceptors (Lipinski definition) is 6. The molecule has 0 N–H and O–H groups in total. The van der Waals surface area contributed by atoms with Gasteiger partial charge >= 0.3 is 5.97 Å². The van der Waals surface area contributed by atoms with Gasteiger partial charge in [-0.05, 0) is 56.2 Å². The van der Waals surface area contributed by atoms with Crippen molar-refractivity contribution in [2.24, 2.45) is 5.92 Å². The lowest BCUT2D eigenvalue weighted by molar-refractivity contribution is 0.0280. The lowest BCUT2D eigenvalue weighted by Crippen LogP contribution is -2.10. The molecule has 0 bridgehead atoms. The summed E-state index contributed by atoms with van der Waals surface area (Å²) in [6, 6.07) is 14.6. The first-order chi connectivity index (χ1) is 13.4. The van der Waals surface area contributed by atoms with E-state index in [0.717, 1.165) is 16.9 Å². The van der Waals surface area contributed by atoms with E-state index in [4.69, 9.17) is 13.9 Å². The van der Waals surface area contributed by atoms with E-state index in [1.807, 2.05) is 31.2 Å². The molecular weight excluding hydrogens is 356 g/mol. The molecule has 0 fully saturated rings. The second-order valence-electron chi connectivity index (χ2n) is 7.09. The molecule has 0 unspecified atom stereocenters. The molecule has 0 aliphatic heterocycles. The molecule has 0 amide bonds. The molecule has 146 valence electrons. The van der Waals surface area contributed by atoms with Crippen LogP contribution in [-0.4, -0.2) is 22.8 Å². The average Bonchev–Trinajstić information content (AvgIpc) is 3.17. The first-order valence-corrected chi connectivity index (χ1v) is 9.26. The highest BCUT2D eigenvalue weighted by molar-refractivity contribution is 5.89. The molecule has 0 spiro atoms. The van der Waals surface area contributed by atoms with Gasteiger partial charge in [0.05, 0.1) is 12.2 Å². The molecule has 1 atom stereocenters. The van der Waals surface area contributed by atoms with Gasteiger partial charge < -0.3 is 13.9 Å². The molecule has 3 rings (SSSR count). The van der Waals surface area contributed by atoms with Crippen molar-refractivity contribution in [3.8, 4) is 17.2 Å². The van der Waals surface area contributed by atoms with Crippen molar-refractivity contribution in [1.82, 2.24) is 10.2 Å². The fraction of sp³-hybridized carbons (Fsp3) is 0.318. The summed E-state index contributed by atoms with van der Waals surface area (Å²) in [7, 11) is 0. The highest BCUT2D eigenvalue weighted by Crippen LogP contribution is 2.24. The topological polar surface area (TPSA) is 74.5 Å². The van der Waals surface area contributed by atoms with Crippen molar-refractivity contribution in [3.63, 3.8) is 0 Å². The zero-order valence-corrected chi connectivity index (χ0v) is 16.5. The lowest BCUT2D eigenvalue weighted by Gasteiger charge is -2.11. The standard InChI is InChI=1S/C22H24N2O4/c1-14(2)13-26-19-11-9-18(10-12-19)22(25)27-16(4)20-23-24-21(28-20)17-7-5-15(3)6-8-17/h5-12,14,16H,13H2,1-4H3/t16-/m0/s1. The van der Waals surface area contributed by atoms with Gasteiger partial charge in [0.15, 0.2) is 6.10 Å². The van der Waals surface area contributed by atoms with Crippen LogP contribution in [0, 0.1) is 12.8 Å². The third-order valence-corrected chi connectivity index (χ3v) is 4.04. The van der Waals surface area contributed by atoms with Crippen LogP contribution in [0.2, 0.25) is 0 Å². The second kappa shape index (κ2) is 8.69. The molecule has 1 heterocycles. The van der Waals surface area contributed by atoms with Gasteiger partial charge in [-0.25, -0.2) is 4.79 Å². The highest BCUT2D eigenvalue weighted by Gasteiger charge is 2.20. The number of hydrogen-bond donors (Lipinski definition) is 0. The summed E-state index contributed by atoms with van der Waals surface area (Å²) < 4.78 is 16.7. The second-order valence-corrected chi connectivity index (χ2v) is 7.09. The van der Waals surface area contributed by atoms with Crippen molar-refractivity contribution < 1.29 is 18.7 Å². The summed E-state index contributed by atoms with van der Waals surface area (Å²) in [5.41, 5.74) is 2.40. The van der Waals surface area contributed by atoms with Gasteiger partial charge in [0.1, 0.15) is 5.75 Å². The lowest BCUT2D eigenvalue weighted by atomic mass is 10.1. The predicted octanol–water partition coefficient (Wildman–Crippen LogP) is 5.00. The van der Waals surface area contributed by atoms with Crippen LogP contribution in [0.1, 0.15) is 48.7 Å². The van der Waals surface area contributed by atoms with E-state index in [9.17, 15) is 4.79 Å². The first kappa shape index (κ1) is 19.6. The summed E-state index contributed by atoms with van der Waals surface area (Å²) in [5, 5.41) is 8.04. The molecule has 2 aromatic carbocycles. The van der Waals surface area contributed by atoms with Crippen molar-refractivity contribution in [2.75, 3.05) is 6.61 Å². The minimum Gasteiger partial charge on any atom is -0.493 e. The van der Waals surface area contributed by atoms with Crippen LogP contribution in [0.4, 0.5) is 0 Å². The van der Waals surface area contributed by atoms with Crippen molar-refractivity contribution in [2.45, 2.75) is 33.8 Å². The number of rotatable bonds is 7. The van der Waals surface area contributed by atoms with Crippen LogP contribution in [0.5, 0.6) is 5.75 Å². The molecule has 6 nitrogen and oxygen atoms in total. The zero-order chi connectivity index (χ0) is 20.1. The Morgan fingerprint density at radius 2 is 1.68 bits per heavy atom. The summed E-state index contributed by atoms with van der Waals surface area (Å²) in [4.78, 5) is 12.4. The summed E-state index contributed by atoms with van der Waals surface area (Å²) >= 11 is 0. The van der Waals surface area contributed by atoms with Gasteiger partial charge in [0.25, 0.3) is 5.89 Å². The minimum absolute atomic E-state index is 0.251. The van der Waals surface area contributed by atoms with Crippen LogP contribution in [-0.2, 0) is 4.74 Å². The Kier molecular flexibility index (Phi) is 6.09. The Morgan fingerprint density at radius 3 is 2.32 bits per heavy atom. The van der Waals surface area contributed by atoms with Crippen LogP contribution in [0.3, 0.4) is 0 Å². The molecule has 0 saturated carbocycles. The van der Waals surface area contributed by atoms with Crippen LogP contribution in [0.15, 0.2) is 52.9 Å². The van der Waals surface area contributed by atoms with Gasteiger partial charge in [-0.3, -0.25) is 0 Å². The smallest absolute Gasteiger partial charge is 0.338 e. The Labute approximate surface area is 164 Å². The third-order valence-electron chi connectivity index (χ3n) is 4.04. The number of carbonyl (C=O) groups is 1. The van der Waals surface area contributed by atoms with Crippen LogP contribution in [0.25, 0.3) is 11.5 Å². The first-order valence-electron chi connectivity index (χ1n) is 9.26. The monoisotopic (exact) mass is 380 g/mol. The summed E-state index contributed by atoms with van der Waals surface area (Å²) in [5.74, 6) is 1.34. The van der Waals surface area contributed by atoms with Gasteiger partial charge in [-0.1, -0.05) is 31.5 Å². The number of esters is 1. The zero-order valence-electron chi connectivity index (χ0n) is 16.5. The Hall–Kier alpha value is -3.15. The maximum absolute atomic E-state index is 12.4. The molecule has 3 aromatic rings. The van der Waals surface area contributed by atoms with E-state index >= 15 is 0 Å². The quantitative estimate of drug-likeness (QED) is 0.537. The number of benzene rings is 2. The maximum Gasteiger partial charge on any atom is 0.338 e. The van der Waals surface area contributed by atoms with E-state index < -0.39 is 12.1 Å². The fourth-order valence-corrected chi connectivity index (χ4v) is 2.44. The van der Waals surface area contributed by atoms with Gasteiger partial charge in [-0.15, -0.1) is 10.2 Å². The van der Waals surface area contributed by atoms with E-state index in [2.05, 4.69) is 24.0 Å². The molecule has 0 saturated heterocycles. The molecule has 0 aliphatic rings. The van der Waals surface area contributed by atoms with Gasteiger partial charge in [-0.2, -0.15) is 0 Å². The number of aromatic nitrogens is 2. The Balaban J connectivity index is 1.62. The molecule has 28 heavy (non-hydrogen) atoms. The van der Waals surface area contributed by atoms with Crippen LogP contribution >= 0.6 is 0 Å². The fourth-order valence-electron chi connectivity index (χ4n) is 2.44. The third kappa shape index (κ3) is 4.97. The number of aryl methyl sites for hydroxylation is 1. The molecular formula is C22H24N2O4. The van der Waals surface area contributed by atoms with E-state index in [-0.39, 0.29) is 5.89 Å². The van der Waals surface area contributed by atoms with Crippen molar-refractivity contribution >= 4 is 5.97 Å². The number of nitrogens with zero attached hydrogens (tertiary/aromatic N) is 2. The summed E-state index contributed by atoms with van der Waals surface area (Å²) in [6.45, 7) is 8.49. The van der Waals surface area contributed by atoms with Crippen molar-refractivity contribution in [1.29, 1.82) is 0 Å². The van der Waals surface area contributed by atoms with Gasteiger partial charge in [0, 0.05) is 5.56 Å². The number of carbonyl (C=O) groups excluding carboxylic acids is 1. The van der Waals surface area contributed by atoms with E-state index in [0.29, 0.717) is 24.0 Å². The van der Waals surface area contributed by atoms with Crippen molar-refractivity contribution in [3.05, 3.63) is 65.5 Å². The largest absolute Gasteiger partial charge is 0.493 e. The predicted molar refractivity (Wildman–Crippen MR) is 105 cm³/mol. The highest BCUT2D eigenvalue weighted by atomic mass is 16.6. The average molecular weight is 380 g/mol. The summed E-state index contributed by atoms with van der Waals surface area (Å²) in [6.07, 6.45) is -0.656. The van der Waals surface area contributed by atoms with Gasteiger partial charge in [0.2, 0.25) is 5.89 Å². The SMILES string of the molecule is Cc1ccc(-c2nnc([C@H](C)OC(=O)c3ccc(OCC(C)C)cc3)o2)cc1. The maximum atomic E-state index is 12.4. The normalized spacial score (nSPS) is 12.0. The molecule has 0 radical (unpaired) electrons. The molecule has 1 aromatic heterocycles. The van der Waals surface area contributed by atoms with E-state index in [1.54, 1.807) is 31.2 Å². The Morgan fingerprint density at radius 1 is 1.00 bits per heavy atom. The molecule has 6 heteroatoms. The van der Waals surface area contributed by atoms with Crippen LogP contribution < -0.4 is 4.74 Å². The van der Waals surface area contributed by atoms with E-state index in [1.165, 1.54) is 0 Å². The number of ether oxygens (including phenoxy) is 2.